The molecule has 2 heteroatoms. The molecule has 0 radical (unpaired) electrons. The summed E-state index contributed by atoms with van der Waals surface area (Å²) in [5.41, 5.74) is 3.46. The van der Waals surface area contributed by atoms with Crippen LogP contribution >= 0.6 is 15.9 Å². The molecule has 0 amide bonds. The summed E-state index contributed by atoms with van der Waals surface area (Å²) in [5, 5.41) is 0. The third kappa shape index (κ3) is 2.90. The molecule has 1 atom stereocenters. The van der Waals surface area contributed by atoms with Crippen LogP contribution < -0.4 is 0 Å². The van der Waals surface area contributed by atoms with Gasteiger partial charge in [0.15, 0.2) is 0 Å². The van der Waals surface area contributed by atoms with Gasteiger partial charge in [-0.2, -0.15) is 0 Å². The van der Waals surface area contributed by atoms with Crippen molar-refractivity contribution in [2.24, 2.45) is 5.92 Å². The van der Waals surface area contributed by atoms with Gasteiger partial charge in [-0.1, -0.05) is 35.2 Å². The van der Waals surface area contributed by atoms with Gasteiger partial charge >= 0.3 is 0 Å². The summed E-state index contributed by atoms with van der Waals surface area (Å²) < 4.78 is 13.3. The maximum atomic E-state index is 13.3. The van der Waals surface area contributed by atoms with E-state index in [1.54, 1.807) is 12.1 Å². The fourth-order valence-electron chi connectivity index (χ4n) is 3.02. The van der Waals surface area contributed by atoms with Gasteiger partial charge in [-0.15, -0.1) is 0 Å². The van der Waals surface area contributed by atoms with Gasteiger partial charge < -0.3 is 0 Å². The van der Waals surface area contributed by atoms with E-state index in [1.165, 1.54) is 37.7 Å². The predicted molar refractivity (Wildman–Crippen MR) is 74.1 cm³/mol. The molecule has 1 unspecified atom stereocenters. The first-order valence-corrected chi connectivity index (χ1v) is 7.42. The van der Waals surface area contributed by atoms with Crippen molar-refractivity contribution in [2.45, 2.75) is 50.8 Å². The second-order valence-electron chi connectivity index (χ2n) is 5.25. The quantitative estimate of drug-likeness (QED) is 0.636. The van der Waals surface area contributed by atoms with Gasteiger partial charge in [0.05, 0.1) is 0 Å². The Hall–Kier alpha value is -0.370. The molecule has 0 saturated heterocycles. The van der Waals surface area contributed by atoms with Crippen molar-refractivity contribution in [3.05, 3.63) is 34.6 Å². The van der Waals surface area contributed by atoms with E-state index in [9.17, 15) is 4.39 Å². The fourth-order valence-corrected chi connectivity index (χ4v) is 4.27. The van der Waals surface area contributed by atoms with E-state index in [0.717, 1.165) is 11.1 Å². The Bertz CT molecular complexity index is 371. The summed E-state index contributed by atoms with van der Waals surface area (Å²) in [6.45, 7) is 4.03. The molecule has 1 fully saturated rings. The second kappa shape index (κ2) is 5.51. The van der Waals surface area contributed by atoms with Gasteiger partial charge in [0.2, 0.25) is 0 Å². The largest absolute Gasteiger partial charge is 0.207 e. The molecule has 1 aromatic rings. The molecule has 94 valence electrons. The molecule has 1 aliphatic rings. The molecule has 0 spiro atoms. The van der Waals surface area contributed by atoms with Crippen LogP contribution in [-0.4, -0.2) is 0 Å². The number of alkyl halides is 1. The average Bonchev–Trinajstić information content (AvgIpc) is 2.28. The fraction of sp³-hybridized carbons (Fsp3) is 0.600. The SMILES string of the molecule is Cc1cc(F)cc(C)c1C(Br)C1CCCCC1. The van der Waals surface area contributed by atoms with Crippen molar-refractivity contribution in [2.75, 3.05) is 0 Å². The van der Waals surface area contributed by atoms with Crippen LogP contribution in [-0.2, 0) is 0 Å². The van der Waals surface area contributed by atoms with Crippen LogP contribution in [0.1, 0.15) is 53.6 Å². The Kier molecular flexibility index (Phi) is 4.24. The van der Waals surface area contributed by atoms with Crippen LogP contribution in [0.15, 0.2) is 12.1 Å². The van der Waals surface area contributed by atoms with Crippen molar-refractivity contribution in [1.82, 2.24) is 0 Å². The molecule has 0 N–H and O–H groups in total. The zero-order valence-electron chi connectivity index (χ0n) is 10.6. The highest BCUT2D eigenvalue weighted by atomic mass is 79.9. The minimum Gasteiger partial charge on any atom is -0.207 e. The van der Waals surface area contributed by atoms with Gasteiger partial charge in [-0.25, -0.2) is 4.39 Å². The molecule has 0 aliphatic heterocycles. The molecule has 2 rings (SSSR count). The molecule has 0 bridgehead atoms. The molecule has 1 aliphatic carbocycles. The number of aryl methyl sites for hydroxylation is 2. The van der Waals surface area contributed by atoms with Crippen LogP contribution in [0.3, 0.4) is 0 Å². The van der Waals surface area contributed by atoms with Crippen LogP contribution in [0.25, 0.3) is 0 Å². The number of hydrogen-bond donors (Lipinski definition) is 0. The Morgan fingerprint density at radius 3 is 2.18 bits per heavy atom. The topological polar surface area (TPSA) is 0 Å². The smallest absolute Gasteiger partial charge is 0.123 e. The molecule has 0 heterocycles. The van der Waals surface area contributed by atoms with Crippen molar-refractivity contribution in [1.29, 1.82) is 0 Å². The lowest BCUT2D eigenvalue weighted by Gasteiger charge is -2.28. The van der Waals surface area contributed by atoms with Crippen molar-refractivity contribution >= 4 is 15.9 Å². The molecule has 17 heavy (non-hydrogen) atoms. The molecule has 0 aromatic heterocycles. The van der Waals surface area contributed by atoms with Crippen LogP contribution in [0.4, 0.5) is 4.39 Å². The third-order valence-corrected chi connectivity index (χ3v) is 5.10. The van der Waals surface area contributed by atoms with Gasteiger partial charge in [0, 0.05) is 4.83 Å². The number of halogens is 2. The van der Waals surface area contributed by atoms with E-state index in [0.29, 0.717) is 10.7 Å². The summed E-state index contributed by atoms with van der Waals surface area (Å²) in [7, 11) is 0. The first-order valence-electron chi connectivity index (χ1n) is 6.50. The number of rotatable bonds is 2. The van der Waals surface area contributed by atoms with E-state index >= 15 is 0 Å². The Morgan fingerprint density at radius 1 is 1.12 bits per heavy atom. The lowest BCUT2D eigenvalue weighted by molar-refractivity contribution is 0.353. The molecule has 0 nitrogen and oxygen atoms in total. The Balaban J connectivity index is 2.26. The van der Waals surface area contributed by atoms with Crippen molar-refractivity contribution in [3.63, 3.8) is 0 Å². The van der Waals surface area contributed by atoms with E-state index in [-0.39, 0.29) is 5.82 Å². The van der Waals surface area contributed by atoms with E-state index in [2.05, 4.69) is 15.9 Å². The maximum Gasteiger partial charge on any atom is 0.123 e. The average molecular weight is 299 g/mol. The third-order valence-electron chi connectivity index (χ3n) is 3.90. The zero-order valence-corrected chi connectivity index (χ0v) is 12.2. The lowest BCUT2D eigenvalue weighted by atomic mass is 9.82. The normalized spacial score (nSPS) is 19.3. The minimum absolute atomic E-state index is 0.118. The van der Waals surface area contributed by atoms with E-state index in [4.69, 9.17) is 0 Å². The summed E-state index contributed by atoms with van der Waals surface area (Å²) in [6, 6.07) is 3.30. The van der Waals surface area contributed by atoms with Crippen molar-refractivity contribution in [3.8, 4) is 0 Å². The van der Waals surface area contributed by atoms with Gasteiger partial charge in [0.1, 0.15) is 5.82 Å². The highest BCUT2D eigenvalue weighted by molar-refractivity contribution is 9.09. The van der Waals surface area contributed by atoms with Crippen molar-refractivity contribution < 1.29 is 4.39 Å². The summed E-state index contributed by atoms with van der Waals surface area (Å²) in [6.07, 6.45) is 6.65. The Labute approximate surface area is 112 Å². The lowest BCUT2D eigenvalue weighted by Crippen LogP contribution is -2.14. The molecule has 1 aromatic carbocycles. The highest BCUT2D eigenvalue weighted by Gasteiger charge is 2.25. The van der Waals surface area contributed by atoms with Crippen LogP contribution in [0.5, 0.6) is 0 Å². The standard InChI is InChI=1S/C15H20BrF/c1-10-8-13(17)9-11(2)14(10)15(16)12-6-4-3-5-7-12/h8-9,12,15H,3-7H2,1-2H3. The number of benzene rings is 1. The summed E-state index contributed by atoms with van der Waals surface area (Å²) >= 11 is 3.85. The summed E-state index contributed by atoms with van der Waals surface area (Å²) in [4.78, 5) is 0.392. The minimum atomic E-state index is -0.118. The number of hydrogen-bond acceptors (Lipinski definition) is 0. The van der Waals surface area contributed by atoms with Crippen LogP contribution in [0.2, 0.25) is 0 Å². The monoisotopic (exact) mass is 298 g/mol. The first kappa shape index (κ1) is 13.1. The Morgan fingerprint density at radius 2 is 1.65 bits per heavy atom. The highest BCUT2D eigenvalue weighted by Crippen LogP contribution is 2.42. The van der Waals surface area contributed by atoms with E-state index in [1.807, 2.05) is 13.8 Å². The van der Waals surface area contributed by atoms with Gasteiger partial charge in [-0.3, -0.25) is 0 Å². The summed E-state index contributed by atoms with van der Waals surface area (Å²) in [5.74, 6) is 0.596. The molecule has 1 saturated carbocycles. The molecular weight excluding hydrogens is 279 g/mol. The maximum absolute atomic E-state index is 13.3. The molecular formula is C15H20BrF. The van der Waals surface area contributed by atoms with Gasteiger partial charge in [0.25, 0.3) is 0 Å². The van der Waals surface area contributed by atoms with Crippen LogP contribution in [0, 0.1) is 25.6 Å². The second-order valence-corrected chi connectivity index (χ2v) is 6.24. The van der Waals surface area contributed by atoms with E-state index < -0.39 is 0 Å². The van der Waals surface area contributed by atoms with Gasteiger partial charge in [-0.05, 0) is 61.4 Å². The zero-order chi connectivity index (χ0) is 12.4. The first-order chi connectivity index (χ1) is 8.09. The predicted octanol–water partition coefficient (Wildman–Crippen LogP) is 5.46.